The van der Waals surface area contributed by atoms with Gasteiger partial charge in [0.2, 0.25) is 0 Å². The molecule has 0 saturated heterocycles. The average Bonchev–Trinajstić information content (AvgIpc) is 2.42. The van der Waals surface area contributed by atoms with Crippen molar-refractivity contribution in [3.63, 3.8) is 0 Å². The predicted molar refractivity (Wildman–Crippen MR) is 70.1 cm³/mol. The third kappa shape index (κ3) is 3.14. The van der Waals surface area contributed by atoms with Crippen molar-refractivity contribution in [1.82, 2.24) is 0 Å². The maximum absolute atomic E-state index is 11.3. The molecule has 0 aliphatic heterocycles. The van der Waals surface area contributed by atoms with Gasteiger partial charge in [-0.1, -0.05) is 6.92 Å². The summed E-state index contributed by atoms with van der Waals surface area (Å²) >= 11 is 0. The maximum atomic E-state index is 11.3. The highest BCUT2D eigenvalue weighted by atomic mass is 16.5. The lowest BCUT2D eigenvalue weighted by molar-refractivity contribution is 0.0628. The molecule has 1 aromatic carbocycles. The first-order valence-electron chi connectivity index (χ1n) is 5.99. The number of rotatable bonds is 7. The molecule has 0 bridgehead atoms. The summed E-state index contributed by atoms with van der Waals surface area (Å²) in [5.41, 5.74) is -3.52. The van der Waals surface area contributed by atoms with E-state index in [1.165, 1.54) is 0 Å². The van der Waals surface area contributed by atoms with E-state index in [-0.39, 0.29) is 6.61 Å². The van der Waals surface area contributed by atoms with Gasteiger partial charge in [0, 0.05) is 0 Å². The smallest absolute Gasteiger partial charge is 0.340 e. The summed E-state index contributed by atoms with van der Waals surface area (Å²) in [6.07, 6.45) is 0.373. The summed E-state index contributed by atoms with van der Waals surface area (Å²) in [5, 5.41) is 36.4. The maximum Gasteiger partial charge on any atom is 0.340 e. The monoisotopic (exact) mass is 312 g/mol. The zero-order valence-corrected chi connectivity index (χ0v) is 11.3. The van der Waals surface area contributed by atoms with E-state index in [2.05, 4.69) is 0 Å². The summed E-state index contributed by atoms with van der Waals surface area (Å²) in [6.45, 7) is 1.54. The number of benzene rings is 1. The molecule has 1 rings (SSSR count). The van der Waals surface area contributed by atoms with E-state index in [4.69, 9.17) is 25.2 Å². The third-order valence-corrected chi connectivity index (χ3v) is 2.62. The second-order valence-corrected chi connectivity index (χ2v) is 4.12. The number of carboxylic acids is 4. The van der Waals surface area contributed by atoms with Crippen molar-refractivity contribution >= 4 is 23.9 Å². The molecule has 0 atom stereocenters. The first-order chi connectivity index (χ1) is 10.2. The van der Waals surface area contributed by atoms with E-state index in [1.807, 2.05) is 0 Å². The Morgan fingerprint density at radius 3 is 1.55 bits per heavy atom. The first-order valence-corrected chi connectivity index (χ1v) is 5.99. The molecule has 118 valence electrons. The Morgan fingerprint density at radius 2 is 1.27 bits per heavy atom. The molecule has 0 radical (unpaired) electrons. The van der Waals surface area contributed by atoms with Crippen LogP contribution in [0.25, 0.3) is 0 Å². The lowest BCUT2D eigenvalue weighted by Gasteiger charge is -2.15. The molecule has 0 fully saturated rings. The van der Waals surface area contributed by atoms with Crippen molar-refractivity contribution in [3.8, 4) is 5.75 Å². The lowest BCUT2D eigenvalue weighted by Crippen LogP contribution is -2.19. The van der Waals surface area contributed by atoms with Gasteiger partial charge in [-0.05, 0) is 12.5 Å². The first kappa shape index (κ1) is 17.0. The molecular weight excluding hydrogens is 300 g/mol. The third-order valence-electron chi connectivity index (χ3n) is 2.62. The Labute approximate surface area is 123 Å². The Morgan fingerprint density at radius 1 is 0.864 bits per heavy atom. The topological polar surface area (TPSA) is 158 Å². The van der Waals surface area contributed by atoms with E-state index in [1.54, 1.807) is 6.92 Å². The van der Waals surface area contributed by atoms with Crippen molar-refractivity contribution in [3.05, 3.63) is 28.3 Å². The number of carbonyl (C=O) groups is 4. The fraction of sp³-hybridized carbons (Fsp3) is 0.231. The second-order valence-electron chi connectivity index (χ2n) is 4.12. The summed E-state index contributed by atoms with van der Waals surface area (Å²) < 4.78 is 5.03. The van der Waals surface area contributed by atoms with E-state index in [9.17, 15) is 19.2 Å². The summed E-state index contributed by atoms with van der Waals surface area (Å²) in [4.78, 5) is 44.9. The molecule has 0 aliphatic carbocycles. The van der Waals surface area contributed by atoms with Crippen LogP contribution >= 0.6 is 0 Å². The van der Waals surface area contributed by atoms with Crippen LogP contribution in [0.4, 0.5) is 0 Å². The van der Waals surface area contributed by atoms with E-state index < -0.39 is 51.9 Å². The van der Waals surface area contributed by atoms with Crippen LogP contribution in [0.3, 0.4) is 0 Å². The quantitative estimate of drug-likeness (QED) is 0.581. The predicted octanol–water partition coefficient (Wildman–Crippen LogP) is 1.27. The zero-order valence-electron chi connectivity index (χ0n) is 11.3. The Bertz CT molecular complexity index is 610. The Balaban J connectivity index is 3.90. The van der Waals surface area contributed by atoms with Gasteiger partial charge < -0.3 is 25.2 Å². The number of aromatic carboxylic acids is 4. The van der Waals surface area contributed by atoms with Crippen LogP contribution in [0.15, 0.2) is 6.07 Å². The SMILES string of the molecule is CCCOc1c(C(=O)O)c(C(=O)O)cc(C(=O)O)c1C(=O)O. The van der Waals surface area contributed by atoms with Crippen LogP contribution in [-0.4, -0.2) is 50.9 Å². The fourth-order valence-electron chi connectivity index (χ4n) is 1.77. The minimum absolute atomic E-state index is 0.108. The van der Waals surface area contributed by atoms with Gasteiger partial charge in [-0.25, -0.2) is 19.2 Å². The van der Waals surface area contributed by atoms with Crippen LogP contribution in [0.2, 0.25) is 0 Å². The van der Waals surface area contributed by atoms with Crippen LogP contribution < -0.4 is 4.74 Å². The molecule has 4 N–H and O–H groups in total. The van der Waals surface area contributed by atoms with E-state index >= 15 is 0 Å². The minimum Gasteiger partial charge on any atom is -0.492 e. The van der Waals surface area contributed by atoms with E-state index in [0.29, 0.717) is 12.5 Å². The molecule has 0 saturated carbocycles. The number of hydrogen-bond acceptors (Lipinski definition) is 5. The number of ether oxygens (including phenoxy) is 1. The van der Waals surface area contributed by atoms with E-state index in [0.717, 1.165) is 0 Å². The molecule has 0 amide bonds. The highest BCUT2D eigenvalue weighted by Gasteiger charge is 2.32. The van der Waals surface area contributed by atoms with Gasteiger partial charge in [0.25, 0.3) is 0 Å². The highest BCUT2D eigenvalue weighted by Crippen LogP contribution is 2.32. The molecular formula is C13H12O9. The Hall–Kier alpha value is -3.10. The van der Waals surface area contributed by atoms with Gasteiger partial charge in [-0.2, -0.15) is 0 Å². The van der Waals surface area contributed by atoms with Crippen LogP contribution in [0.1, 0.15) is 54.8 Å². The van der Waals surface area contributed by atoms with Gasteiger partial charge in [0.1, 0.15) is 16.9 Å². The molecule has 0 aliphatic rings. The van der Waals surface area contributed by atoms with Gasteiger partial charge in [0.05, 0.1) is 17.7 Å². The summed E-state index contributed by atoms with van der Waals surface area (Å²) in [6, 6.07) is 0.496. The second kappa shape index (κ2) is 6.57. The fourth-order valence-corrected chi connectivity index (χ4v) is 1.77. The van der Waals surface area contributed by atoms with Crippen LogP contribution in [-0.2, 0) is 0 Å². The summed E-state index contributed by atoms with van der Waals surface area (Å²) in [7, 11) is 0. The Kier molecular flexibility index (Phi) is 5.06. The van der Waals surface area contributed by atoms with Gasteiger partial charge in [-0.15, -0.1) is 0 Å². The van der Waals surface area contributed by atoms with Crippen molar-refractivity contribution < 1.29 is 44.3 Å². The van der Waals surface area contributed by atoms with Crippen molar-refractivity contribution in [2.75, 3.05) is 6.61 Å². The van der Waals surface area contributed by atoms with Crippen LogP contribution in [0.5, 0.6) is 5.75 Å². The van der Waals surface area contributed by atoms with Crippen molar-refractivity contribution in [2.45, 2.75) is 13.3 Å². The highest BCUT2D eigenvalue weighted by molar-refractivity contribution is 6.12. The normalized spacial score (nSPS) is 10.0. The summed E-state index contributed by atoms with van der Waals surface area (Å²) in [5.74, 6) is -7.67. The molecule has 1 aromatic rings. The molecule has 9 nitrogen and oxygen atoms in total. The molecule has 0 spiro atoms. The minimum atomic E-state index is -1.73. The molecule has 0 heterocycles. The van der Waals surface area contributed by atoms with Gasteiger partial charge in [0.15, 0.2) is 0 Å². The molecule has 0 unspecified atom stereocenters. The lowest BCUT2D eigenvalue weighted by atomic mass is 9.96. The molecule has 9 heteroatoms. The van der Waals surface area contributed by atoms with Gasteiger partial charge in [-0.3, -0.25) is 0 Å². The number of carboxylic acid groups (broad SMARTS) is 4. The van der Waals surface area contributed by atoms with Crippen molar-refractivity contribution in [2.24, 2.45) is 0 Å². The standard InChI is InChI=1S/C13H12O9/c1-2-3-22-9-7(12(18)19)5(10(14)15)4-6(11(16)17)8(9)13(20)21/h4H,2-3H2,1H3,(H,14,15)(H,16,17)(H,18,19)(H,20,21). The van der Waals surface area contributed by atoms with Crippen molar-refractivity contribution in [1.29, 1.82) is 0 Å². The van der Waals surface area contributed by atoms with Crippen LogP contribution in [0, 0.1) is 0 Å². The average molecular weight is 312 g/mol. The molecule has 0 aromatic heterocycles. The zero-order chi connectivity index (χ0) is 17.0. The molecule has 22 heavy (non-hydrogen) atoms. The largest absolute Gasteiger partial charge is 0.492 e. The van der Waals surface area contributed by atoms with Gasteiger partial charge >= 0.3 is 23.9 Å². The number of hydrogen-bond donors (Lipinski definition) is 4.